The van der Waals surface area contributed by atoms with Gasteiger partial charge in [0.2, 0.25) is 0 Å². The minimum absolute atomic E-state index is 0.0611. The highest BCUT2D eigenvalue weighted by atomic mass is 19.3. The van der Waals surface area contributed by atoms with Crippen LogP contribution in [0.1, 0.15) is 17.4 Å². The lowest BCUT2D eigenvalue weighted by molar-refractivity contribution is -0.0498. The van der Waals surface area contributed by atoms with Gasteiger partial charge in [0.1, 0.15) is 11.9 Å². The third kappa shape index (κ3) is 2.65. The maximum Gasteiger partial charge on any atom is 0.387 e. The number of hydrogen-bond acceptors (Lipinski definition) is 3. The zero-order valence-corrected chi connectivity index (χ0v) is 9.62. The smallest absolute Gasteiger partial charge is 0.387 e. The van der Waals surface area contributed by atoms with Crippen LogP contribution < -0.4 is 4.74 Å². The van der Waals surface area contributed by atoms with Crippen LogP contribution in [-0.2, 0) is 7.05 Å². The molecule has 4 nitrogen and oxygen atoms in total. The van der Waals surface area contributed by atoms with E-state index in [2.05, 4.69) is 9.84 Å². The molecular formula is C12H12F2N2O2. The van der Waals surface area contributed by atoms with Crippen LogP contribution in [-0.4, -0.2) is 21.5 Å². The number of aliphatic hydroxyl groups is 1. The van der Waals surface area contributed by atoms with Crippen LogP contribution >= 0.6 is 0 Å². The van der Waals surface area contributed by atoms with E-state index in [0.717, 1.165) is 0 Å². The first-order chi connectivity index (χ1) is 8.58. The van der Waals surface area contributed by atoms with Gasteiger partial charge >= 0.3 is 6.61 Å². The summed E-state index contributed by atoms with van der Waals surface area (Å²) in [6.07, 6.45) is 0.727. The van der Waals surface area contributed by atoms with E-state index in [1.807, 2.05) is 0 Å². The molecule has 96 valence electrons. The van der Waals surface area contributed by atoms with Gasteiger partial charge in [-0.05, 0) is 23.8 Å². The Hall–Kier alpha value is -1.95. The molecule has 2 aromatic rings. The summed E-state index contributed by atoms with van der Waals surface area (Å²) in [6, 6.07) is 7.54. The van der Waals surface area contributed by atoms with E-state index in [-0.39, 0.29) is 5.75 Å². The maximum atomic E-state index is 12.0. The molecule has 0 radical (unpaired) electrons. The molecule has 0 bridgehead atoms. The molecule has 1 N–H and O–H groups in total. The van der Waals surface area contributed by atoms with Crippen molar-refractivity contribution in [3.63, 3.8) is 0 Å². The van der Waals surface area contributed by atoms with Crippen LogP contribution in [0, 0.1) is 0 Å². The van der Waals surface area contributed by atoms with E-state index in [1.165, 1.54) is 24.3 Å². The Bertz CT molecular complexity index is 511. The second kappa shape index (κ2) is 5.14. The van der Waals surface area contributed by atoms with Gasteiger partial charge in [0.05, 0.1) is 5.69 Å². The van der Waals surface area contributed by atoms with Crippen LogP contribution in [0.15, 0.2) is 36.5 Å². The van der Waals surface area contributed by atoms with Crippen LogP contribution in [0.25, 0.3) is 0 Å². The summed E-state index contributed by atoms with van der Waals surface area (Å²) in [4.78, 5) is 0. The molecule has 0 saturated heterocycles. The van der Waals surface area contributed by atoms with Gasteiger partial charge in [-0.1, -0.05) is 12.1 Å². The molecular weight excluding hydrogens is 242 g/mol. The van der Waals surface area contributed by atoms with Gasteiger partial charge in [-0.2, -0.15) is 13.9 Å². The van der Waals surface area contributed by atoms with Crippen molar-refractivity contribution < 1.29 is 18.6 Å². The summed E-state index contributed by atoms with van der Waals surface area (Å²) in [6.45, 7) is -2.85. The number of nitrogens with zero attached hydrogens (tertiary/aromatic N) is 2. The van der Waals surface area contributed by atoms with Gasteiger partial charge < -0.3 is 9.84 Å². The molecule has 1 unspecified atom stereocenters. The maximum absolute atomic E-state index is 12.0. The van der Waals surface area contributed by atoms with E-state index in [4.69, 9.17) is 0 Å². The highest BCUT2D eigenvalue weighted by molar-refractivity contribution is 5.31. The molecule has 0 spiro atoms. The molecule has 2 rings (SSSR count). The average Bonchev–Trinajstić information content (AvgIpc) is 2.75. The molecule has 0 aliphatic carbocycles. The lowest BCUT2D eigenvalue weighted by Crippen LogP contribution is -2.07. The molecule has 0 aliphatic rings. The summed E-state index contributed by atoms with van der Waals surface area (Å²) in [5, 5.41) is 14.0. The standard InChI is InChI=1S/C12H12F2N2O2/c1-16-10(6-7-15-16)11(17)8-2-4-9(5-3-8)18-12(13)14/h2-7,11-12,17H,1H3. The minimum Gasteiger partial charge on any atom is -0.435 e. The molecule has 1 atom stereocenters. The molecule has 1 aromatic heterocycles. The number of aryl methyl sites for hydroxylation is 1. The number of halogens is 2. The Morgan fingerprint density at radius 1 is 1.22 bits per heavy atom. The molecule has 0 aliphatic heterocycles. The van der Waals surface area contributed by atoms with Crippen molar-refractivity contribution in [3.8, 4) is 5.75 Å². The van der Waals surface area contributed by atoms with Gasteiger partial charge in [-0.3, -0.25) is 4.68 Å². The van der Waals surface area contributed by atoms with Crippen LogP contribution in [0.5, 0.6) is 5.75 Å². The van der Waals surface area contributed by atoms with Crippen molar-refractivity contribution in [2.24, 2.45) is 7.05 Å². The third-order valence-electron chi connectivity index (χ3n) is 2.56. The van der Waals surface area contributed by atoms with E-state index in [0.29, 0.717) is 11.3 Å². The highest BCUT2D eigenvalue weighted by Crippen LogP contribution is 2.23. The van der Waals surface area contributed by atoms with Gasteiger partial charge in [0, 0.05) is 13.2 Å². The summed E-state index contributed by atoms with van der Waals surface area (Å²) < 4.78 is 29.7. The summed E-state index contributed by atoms with van der Waals surface area (Å²) in [5.74, 6) is 0.0611. The zero-order valence-electron chi connectivity index (χ0n) is 9.62. The number of alkyl halides is 2. The van der Waals surface area contributed by atoms with Crippen molar-refractivity contribution in [2.45, 2.75) is 12.7 Å². The Balaban J connectivity index is 2.17. The normalized spacial score (nSPS) is 12.7. The van der Waals surface area contributed by atoms with Gasteiger partial charge in [-0.25, -0.2) is 0 Å². The van der Waals surface area contributed by atoms with E-state index in [9.17, 15) is 13.9 Å². The third-order valence-corrected chi connectivity index (χ3v) is 2.56. The SMILES string of the molecule is Cn1nccc1C(O)c1ccc(OC(F)F)cc1. The highest BCUT2D eigenvalue weighted by Gasteiger charge is 2.14. The Kier molecular flexibility index (Phi) is 3.57. The summed E-state index contributed by atoms with van der Waals surface area (Å²) >= 11 is 0. The number of hydrogen-bond donors (Lipinski definition) is 1. The number of benzene rings is 1. The van der Waals surface area contributed by atoms with E-state index < -0.39 is 12.7 Å². The fourth-order valence-corrected chi connectivity index (χ4v) is 1.65. The molecule has 1 heterocycles. The summed E-state index contributed by atoms with van der Waals surface area (Å²) in [5.41, 5.74) is 1.21. The number of aliphatic hydroxyl groups excluding tert-OH is 1. The summed E-state index contributed by atoms with van der Waals surface area (Å²) in [7, 11) is 1.72. The van der Waals surface area contributed by atoms with Crippen molar-refractivity contribution in [1.29, 1.82) is 0 Å². The minimum atomic E-state index is -2.85. The Labute approximate surface area is 102 Å². The fourth-order valence-electron chi connectivity index (χ4n) is 1.65. The van der Waals surface area contributed by atoms with Gasteiger partial charge in [0.25, 0.3) is 0 Å². The van der Waals surface area contributed by atoms with Crippen molar-refractivity contribution in [3.05, 3.63) is 47.8 Å². The predicted octanol–water partition coefficient (Wildman–Crippen LogP) is 2.10. The first-order valence-electron chi connectivity index (χ1n) is 5.28. The molecule has 0 fully saturated rings. The molecule has 6 heteroatoms. The van der Waals surface area contributed by atoms with Crippen molar-refractivity contribution >= 4 is 0 Å². The van der Waals surface area contributed by atoms with E-state index in [1.54, 1.807) is 24.0 Å². The van der Waals surface area contributed by atoms with Crippen LogP contribution in [0.4, 0.5) is 8.78 Å². The van der Waals surface area contributed by atoms with Crippen molar-refractivity contribution in [1.82, 2.24) is 9.78 Å². The quantitative estimate of drug-likeness (QED) is 0.909. The lowest BCUT2D eigenvalue weighted by atomic mass is 10.1. The second-order valence-electron chi connectivity index (χ2n) is 3.73. The van der Waals surface area contributed by atoms with Gasteiger partial charge in [0.15, 0.2) is 0 Å². The van der Waals surface area contributed by atoms with Crippen LogP contribution in [0.3, 0.4) is 0 Å². The monoisotopic (exact) mass is 254 g/mol. The molecule has 1 aromatic carbocycles. The fraction of sp³-hybridized carbons (Fsp3) is 0.250. The first-order valence-corrected chi connectivity index (χ1v) is 5.28. The zero-order chi connectivity index (χ0) is 13.1. The number of ether oxygens (including phenoxy) is 1. The van der Waals surface area contributed by atoms with Crippen LogP contribution in [0.2, 0.25) is 0 Å². The second-order valence-corrected chi connectivity index (χ2v) is 3.73. The van der Waals surface area contributed by atoms with Gasteiger partial charge in [-0.15, -0.1) is 0 Å². The predicted molar refractivity (Wildman–Crippen MR) is 60.3 cm³/mol. The molecule has 0 saturated carbocycles. The Morgan fingerprint density at radius 3 is 2.39 bits per heavy atom. The van der Waals surface area contributed by atoms with Crippen molar-refractivity contribution in [2.75, 3.05) is 0 Å². The molecule has 18 heavy (non-hydrogen) atoms. The number of aromatic nitrogens is 2. The number of rotatable bonds is 4. The molecule has 0 amide bonds. The first kappa shape index (κ1) is 12.5. The van der Waals surface area contributed by atoms with E-state index >= 15 is 0 Å². The topological polar surface area (TPSA) is 47.3 Å². The largest absolute Gasteiger partial charge is 0.435 e. The average molecular weight is 254 g/mol. The lowest BCUT2D eigenvalue weighted by Gasteiger charge is -2.12. The Morgan fingerprint density at radius 2 is 1.89 bits per heavy atom.